The van der Waals surface area contributed by atoms with Gasteiger partial charge >= 0.3 is 5.69 Å². The second-order valence-corrected chi connectivity index (χ2v) is 9.05. The molecule has 0 atom stereocenters. The lowest BCUT2D eigenvalue weighted by atomic mass is 10.1. The number of aromatic nitrogens is 5. The Morgan fingerprint density at radius 1 is 1.03 bits per heavy atom. The number of benzene rings is 2. The first-order chi connectivity index (χ1) is 16.7. The van der Waals surface area contributed by atoms with Gasteiger partial charge in [-0.3, -0.25) is 19.1 Å². The lowest BCUT2D eigenvalue weighted by Gasteiger charge is -2.13. The number of nitrogens with zero attached hydrogens (tertiary/aromatic N) is 3. The zero-order chi connectivity index (χ0) is 25.1. The van der Waals surface area contributed by atoms with Gasteiger partial charge in [0.1, 0.15) is 11.6 Å². The van der Waals surface area contributed by atoms with Crippen molar-refractivity contribution in [1.29, 1.82) is 0 Å². The highest BCUT2D eigenvalue weighted by Gasteiger charge is 2.18. The first-order valence-electron chi connectivity index (χ1n) is 10.7. The van der Waals surface area contributed by atoms with Crippen LogP contribution in [0.2, 0.25) is 0 Å². The molecule has 4 rings (SSSR count). The van der Waals surface area contributed by atoms with Gasteiger partial charge in [-0.1, -0.05) is 29.5 Å². The number of hydrogen-bond donors (Lipinski definition) is 3. The standard InChI is InChI=1S/C24H23FN6O3S/c1-13-8-14(2)22(15(3)9-13)27-21(33)12-35-24-30-29-19(10-17-11-20(32)28-23(34)26-17)31(24)18-6-4-16(25)5-7-18/h4-9,11H,10,12H2,1-3H3,(H,27,33)(H2,26,28,32,34). The van der Waals surface area contributed by atoms with Crippen molar-refractivity contribution >= 4 is 23.4 Å². The van der Waals surface area contributed by atoms with E-state index in [1.807, 2.05) is 32.9 Å². The number of hydrogen-bond acceptors (Lipinski definition) is 6. The summed E-state index contributed by atoms with van der Waals surface area (Å²) in [5.41, 5.74) is 3.60. The minimum atomic E-state index is -0.631. The van der Waals surface area contributed by atoms with Crippen molar-refractivity contribution in [3.05, 3.63) is 97.3 Å². The summed E-state index contributed by atoms with van der Waals surface area (Å²) in [6, 6.07) is 11.0. The number of nitrogens with one attached hydrogen (secondary N) is 3. The summed E-state index contributed by atoms with van der Waals surface area (Å²) in [6.45, 7) is 5.89. The van der Waals surface area contributed by atoms with Crippen molar-refractivity contribution in [3.63, 3.8) is 0 Å². The van der Waals surface area contributed by atoms with Crippen molar-refractivity contribution in [2.45, 2.75) is 32.3 Å². The molecule has 0 bridgehead atoms. The van der Waals surface area contributed by atoms with Gasteiger partial charge in [-0.25, -0.2) is 9.18 Å². The maximum absolute atomic E-state index is 13.5. The molecule has 2 heterocycles. The number of aryl methyl sites for hydroxylation is 3. The Hall–Kier alpha value is -3.99. The maximum atomic E-state index is 13.5. The molecule has 0 aliphatic carbocycles. The van der Waals surface area contributed by atoms with Gasteiger partial charge in [0, 0.05) is 29.6 Å². The van der Waals surface area contributed by atoms with Crippen LogP contribution in [0.3, 0.4) is 0 Å². The van der Waals surface area contributed by atoms with E-state index in [1.54, 1.807) is 16.7 Å². The molecular formula is C24H23FN6O3S. The van der Waals surface area contributed by atoms with Gasteiger partial charge in [0.2, 0.25) is 5.91 Å². The molecule has 2 aromatic heterocycles. The summed E-state index contributed by atoms with van der Waals surface area (Å²) in [6.07, 6.45) is 0.0953. The lowest BCUT2D eigenvalue weighted by molar-refractivity contribution is -0.113. The zero-order valence-corrected chi connectivity index (χ0v) is 20.1. The Morgan fingerprint density at radius 2 is 1.71 bits per heavy atom. The van der Waals surface area contributed by atoms with Crippen molar-refractivity contribution in [3.8, 4) is 5.69 Å². The van der Waals surface area contributed by atoms with E-state index in [2.05, 4.69) is 25.5 Å². The third kappa shape index (κ3) is 5.75. The Bertz CT molecular complexity index is 1460. The molecule has 35 heavy (non-hydrogen) atoms. The van der Waals surface area contributed by atoms with Crippen LogP contribution in [0.25, 0.3) is 5.69 Å². The van der Waals surface area contributed by atoms with Crippen molar-refractivity contribution in [2.24, 2.45) is 0 Å². The Balaban J connectivity index is 1.60. The highest BCUT2D eigenvalue weighted by atomic mass is 32.2. The van der Waals surface area contributed by atoms with Crippen LogP contribution in [0.1, 0.15) is 28.2 Å². The van der Waals surface area contributed by atoms with Crippen LogP contribution < -0.4 is 16.6 Å². The quantitative estimate of drug-likeness (QED) is 0.339. The predicted octanol–water partition coefficient (Wildman–Crippen LogP) is 3.03. The van der Waals surface area contributed by atoms with Crippen LogP contribution in [-0.4, -0.2) is 36.4 Å². The second kappa shape index (κ2) is 10.1. The lowest BCUT2D eigenvalue weighted by Crippen LogP contribution is -2.23. The van der Waals surface area contributed by atoms with E-state index in [0.717, 1.165) is 22.4 Å². The van der Waals surface area contributed by atoms with Crippen molar-refractivity contribution in [1.82, 2.24) is 24.7 Å². The van der Waals surface area contributed by atoms with Crippen molar-refractivity contribution < 1.29 is 9.18 Å². The number of amides is 1. The van der Waals surface area contributed by atoms with E-state index >= 15 is 0 Å². The minimum Gasteiger partial charge on any atom is -0.325 e. The number of thioether (sulfide) groups is 1. The smallest absolute Gasteiger partial charge is 0.325 e. The summed E-state index contributed by atoms with van der Waals surface area (Å²) in [5, 5.41) is 11.8. The molecular weight excluding hydrogens is 471 g/mol. The van der Waals surface area contributed by atoms with E-state index in [4.69, 9.17) is 0 Å². The highest BCUT2D eigenvalue weighted by molar-refractivity contribution is 7.99. The van der Waals surface area contributed by atoms with Crippen LogP contribution in [0.5, 0.6) is 0 Å². The molecule has 0 radical (unpaired) electrons. The van der Waals surface area contributed by atoms with Gasteiger partial charge in [0.15, 0.2) is 5.16 Å². The van der Waals surface area contributed by atoms with E-state index in [0.29, 0.717) is 22.4 Å². The number of carbonyl (C=O) groups is 1. The average molecular weight is 495 g/mol. The number of carbonyl (C=O) groups excluding carboxylic acids is 1. The summed E-state index contributed by atoms with van der Waals surface area (Å²) in [4.78, 5) is 40.7. The monoisotopic (exact) mass is 494 g/mol. The molecule has 0 spiro atoms. The van der Waals surface area contributed by atoms with Gasteiger partial charge in [-0.2, -0.15) is 0 Å². The van der Waals surface area contributed by atoms with Gasteiger partial charge in [-0.15, -0.1) is 10.2 Å². The van der Waals surface area contributed by atoms with E-state index in [1.165, 1.54) is 30.0 Å². The van der Waals surface area contributed by atoms with Crippen LogP contribution in [0.4, 0.5) is 10.1 Å². The van der Waals surface area contributed by atoms with Crippen LogP contribution >= 0.6 is 11.8 Å². The number of H-pyrrole nitrogens is 2. The molecule has 11 heteroatoms. The number of anilines is 1. The highest BCUT2D eigenvalue weighted by Crippen LogP contribution is 2.25. The van der Waals surface area contributed by atoms with Gasteiger partial charge < -0.3 is 10.3 Å². The first-order valence-corrected chi connectivity index (χ1v) is 11.7. The predicted molar refractivity (Wildman–Crippen MR) is 132 cm³/mol. The second-order valence-electron chi connectivity index (χ2n) is 8.11. The Kier molecular flexibility index (Phi) is 6.97. The molecule has 0 fully saturated rings. The molecule has 0 aliphatic rings. The molecule has 9 nitrogen and oxygen atoms in total. The summed E-state index contributed by atoms with van der Waals surface area (Å²) in [7, 11) is 0. The normalized spacial score (nSPS) is 11.0. The molecule has 2 aromatic carbocycles. The van der Waals surface area contributed by atoms with Gasteiger partial charge in [0.05, 0.1) is 5.75 Å². The fraction of sp³-hybridized carbons (Fsp3) is 0.208. The number of aromatic amines is 2. The number of rotatable bonds is 7. The SMILES string of the molecule is Cc1cc(C)c(NC(=O)CSc2nnc(Cc3cc(=O)[nH]c(=O)[nH]3)n2-c2ccc(F)cc2)c(C)c1. The van der Waals surface area contributed by atoms with Gasteiger partial charge in [-0.05, 0) is 56.2 Å². The molecule has 180 valence electrons. The van der Waals surface area contributed by atoms with Gasteiger partial charge in [0.25, 0.3) is 5.56 Å². The molecule has 3 N–H and O–H groups in total. The molecule has 0 saturated carbocycles. The Morgan fingerprint density at radius 3 is 2.37 bits per heavy atom. The molecule has 0 saturated heterocycles. The fourth-order valence-corrected chi connectivity index (χ4v) is 4.60. The molecule has 0 aliphatic heterocycles. The van der Waals surface area contributed by atoms with E-state index < -0.39 is 17.1 Å². The van der Waals surface area contributed by atoms with E-state index in [-0.39, 0.29) is 18.1 Å². The largest absolute Gasteiger partial charge is 0.325 e. The average Bonchev–Trinajstić information content (AvgIpc) is 3.17. The molecule has 4 aromatic rings. The van der Waals surface area contributed by atoms with Crippen LogP contribution in [0.15, 0.2) is 57.2 Å². The van der Waals surface area contributed by atoms with E-state index in [9.17, 15) is 18.8 Å². The summed E-state index contributed by atoms with van der Waals surface area (Å²) >= 11 is 1.17. The summed E-state index contributed by atoms with van der Waals surface area (Å²) in [5.74, 6) is -0.140. The fourth-order valence-electron chi connectivity index (χ4n) is 3.83. The topological polar surface area (TPSA) is 126 Å². The maximum Gasteiger partial charge on any atom is 0.325 e. The third-order valence-corrected chi connectivity index (χ3v) is 6.15. The molecule has 1 amide bonds. The zero-order valence-electron chi connectivity index (χ0n) is 19.3. The number of halogens is 1. The minimum absolute atomic E-state index is 0.0634. The Labute approximate surface area is 203 Å². The van der Waals surface area contributed by atoms with Crippen LogP contribution in [-0.2, 0) is 11.2 Å². The first kappa shape index (κ1) is 24.1. The van der Waals surface area contributed by atoms with Crippen molar-refractivity contribution in [2.75, 3.05) is 11.1 Å². The summed E-state index contributed by atoms with van der Waals surface area (Å²) < 4.78 is 15.2. The van der Waals surface area contributed by atoms with Crippen LogP contribution in [0, 0.1) is 26.6 Å². The third-order valence-electron chi connectivity index (χ3n) is 5.22. The molecule has 0 unspecified atom stereocenters.